The summed E-state index contributed by atoms with van der Waals surface area (Å²) in [5, 5.41) is 2.79. The van der Waals surface area contributed by atoms with Gasteiger partial charge in [-0.1, -0.05) is 0 Å². The molecule has 1 amide bonds. The van der Waals surface area contributed by atoms with E-state index in [0.717, 1.165) is 4.90 Å². The number of thioether (sulfide) groups is 1. The highest BCUT2D eigenvalue weighted by molar-refractivity contribution is 7.98. The van der Waals surface area contributed by atoms with Gasteiger partial charge in [0.2, 0.25) is 0 Å². The number of nitrogen functional groups attached to an aromatic ring is 1. The second-order valence-corrected chi connectivity index (χ2v) is 5.02. The molecule has 0 heterocycles. The van der Waals surface area contributed by atoms with Crippen LogP contribution < -0.4 is 15.8 Å². The van der Waals surface area contributed by atoms with Crippen LogP contribution >= 0.6 is 11.8 Å². The fourth-order valence-corrected chi connectivity index (χ4v) is 2.12. The zero-order chi connectivity index (χ0) is 14.5. The van der Waals surface area contributed by atoms with Crippen molar-refractivity contribution in [1.82, 2.24) is 0 Å². The van der Waals surface area contributed by atoms with E-state index in [2.05, 4.69) is 5.32 Å². The first kappa shape index (κ1) is 14.3. The third-order valence-electron chi connectivity index (χ3n) is 2.86. The van der Waals surface area contributed by atoms with Crippen LogP contribution in [-0.2, 0) is 0 Å². The molecule has 0 aliphatic heterocycles. The van der Waals surface area contributed by atoms with Gasteiger partial charge >= 0.3 is 0 Å². The lowest BCUT2D eigenvalue weighted by Crippen LogP contribution is -2.13. The molecule has 4 nitrogen and oxygen atoms in total. The summed E-state index contributed by atoms with van der Waals surface area (Å²) in [6, 6.07) is 12.5. The van der Waals surface area contributed by atoms with Crippen LogP contribution in [0.2, 0.25) is 0 Å². The van der Waals surface area contributed by atoms with Crippen LogP contribution in [0.3, 0.4) is 0 Å². The van der Waals surface area contributed by atoms with Gasteiger partial charge in [0.05, 0.1) is 18.5 Å². The minimum atomic E-state index is -0.197. The van der Waals surface area contributed by atoms with Gasteiger partial charge in [-0.15, -0.1) is 11.8 Å². The number of methoxy groups -OCH3 is 1. The number of rotatable bonds is 4. The van der Waals surface area contributed by atoms with Gasteiger partial charge in [-0.2, -0.15) is 0 Å². The maximum atomic E-state index is 12.2. The van der Waals surface area contributed by atoms with E-state index in [1.807, 2.05) is 18.4 Å². The van der Waals surface area contributed by atoms with Gasteiger partial charge in [-0.25, -0.2) is 0 Å². The number of carbonyl (C=O) groups excluding carboxylic acids is 1. The minimum absolute atomic E-state index is 0.197. The maximum absolute atomic E-state index is 12.2. The second-order valence-electron chi connectivity index (χ2n) is 4.14. The van der Waals surface area contributed by atoms with Crippen molar-refractivity contribution < 1.29 is 9.53 Å². The molecule has 0 atom stereocenters. The van der Waals surface area contributed by atoms with E-state index in [-0.39, 0.29) is 5.91 Å². The molecule has 2 aromatic rings. The molecule has 2 aromatic carbocycles. The SMILES string of the molecule is COc1ccc(N)c(NC(=O)c2ccc(SC)cc2)c1. The van der Waals surface area contributed by atoms with Crippen LogP contribution in [0.1, 0.15) is 10.4 Å². The Hall–Kier alpha value is -2.14. The lowest BCUT2D eigenvalue weighted by Gasteiger charge is -2.10. The van der Waals surface area contributed by atoms with Crippen molar-refractivity contribution in [3.8, 4) is 5.75 Å². The molecule has 5 heteroatoms. The summed E-state index contributed by atoms with van der Waals surface area (Å²) < 4.78 is 5.12. The topological polar surface area (TPSA) is 64.3 Å². The Balaban J connectivity index is 2.18. The monoisotopic (exact) mass is 288 g/mol. The van der Waals surface area contributed by atoms with Crippen molar-refractivity contribution in [2.75, 3.05) is 24.4 Å². The highest BCUT2D eigenvalue weighted by atomic mass is 32.2. The fraction of sp³-hybridized carbons (Fsp3) is 0.133. The number of anilines is 2. The summed E-state index contributed by atoms with van der Waals surface area (Å²) >= 11 is 1.63. The van der Waals surface area contributed by atoms with Crippen molar-refractivity contribution in [2.24, 2.45) is 0 Å². The van der Waals surface area contributed by atoms with E-state index in [1.54, 1.807) is 49.2 Å². The van der Waals surface area contributed by atoms with Crippen LogP contribution in [-0.4, -0.2) is 19.3 Å². The summed E-state index contributed by atoms with van der Waals surface area (Å²) in [6.07, 6.45) is 1.99. The third kappa shape index (κ3) is 3.24. The van der Waals surface area contributed by atoms with E-state index >= 15 is 0 Å². The molecule has 2 rings (SSSR count). The molecule has 3 N–H and O–H groups in total. The molecule has 0 spiro atoms. The Bertz CT molecular complexity index is 612. The van der Waals surface area contributed by atoms with Gasteiger partial charge in [0.1, 0.15) is 5.75 Å². The Morgan fingerprint density at radius 1 is 1.20 bits per heavy atom. The number of amides is 1. The number of ether oxygens (including phenoxy) is 1. The second kappa shape index (κ2) is 6.34. The minimum Gasteiger partial charge on any atom is -0.497 e. The molecule has 0 radical (unpaired) electrons. The molecule has 104 valence electrons. The Kier molecular flexibility index (Phi) is 4.53. The van der Waals surface area contributed by atoms with E-state index in [1.165, 1.54) is 0 Å². The number of hydrogen-bond acceptors (Lipinski definition) is 4. The first-order chi connectivity index (χ1) is 9.63. The average Bonchev–Trinajstić information content (AvgIpc) is 2.49. The smallest absolute Gasteiger partial charge is 0.255 e. The first-order valence-corrected chi connectivity index (χ1v) is 7.25. The van der Waals surface area contributed by atoms with Gasteiger partial charge in [-0.05, 0) is 42.7 Å². The Morgan fingerprint density at radius 2 is 1.90 bits per heavy atom. The molecule has 0 aromatic heterocycles. The molecule has 0 bridgehead atoms. The van der Waals surface area contributed by atoms with E-state index in [0.29, 0.717) is 22.7 Å². The zero-order valence-corrected chi connectivity index (χ0v) is 12.2. The molecule has 0 saturated heterocycles. The Labute approximate surface area is 122 Å². The third-order valence-corrected chi connectivity index (χ3v) is 3.60. The summed E-state index contributed by atoms with van der Waals surface area (Å²) in [6.45, 7) is 0. The predicted molar refractivity (Wildman–Crippen MR) is 83.6 cm³/mol. The standard InChI is InChI=1S/C15H16N2O2S/c1-19-11-5-8-13(16)14(9-11)17-15(18)10-3-6-12(20-2)7-4-10/h3-9H,16H2,1-2H3,(H,17,18). The van der Waals surface area contributed by atoms with E-state index in [4.69, 9.17) is 10.5 Å². The summed E-state index contributed by atoms with van der Waals surface area (Å²) in [5.74, 6) is 0.449. The van der Waals surface area contributed by atoms with Gasteiger partial charge in [0, 0.05) is 16.5 Å². The number of nitrogens with two attached hydrogens (primary N) is 1. The average molecular weight is 288 g/mol. The van der Waals surface area contributed by atoms with E-state index in [9.17, 15) is 4.79 Å². The molecule has 20 heavy (non-hydrogen) atoms. The van der Waals surface area contributed by atoms with Crippen molar-refractivity contribution in [2.45, 2.75) is 4.90 Å². The molecular formula is C15H16N2O2S. The number of carbonyl (C=O) groups is 1. The number of hydrogen-bond donors (Lipinski definition) is 2. The fourth-order valence-electron chi connectivity index (χ4n) is 1.71. The predicted octanol–water partition coefficient (Wildman–Crippen LogP) is 3.25. The van der Waals surface area contributed by atoms with Crippen LogP contribution in [0.25, 0.3) is 0 Å². The lowest BCUT2D eigenvalue weighted by atomic mass is 10.2. The van der Waals surface area contributed by atoms with Crippen LogP contribution in [0, 0.1) is 0 Å². The highest BCUT2D eigenvalue weighted by Gasteiger charge is 2.09. The number of nitrogens with one attached hydrogen (secondary N) is 1. The largest absolute Gasteiger partial charge is 0.497 e. The molecule has 0 saturated carbocycles. The van der Waals surface area contributed by atoms with Crippen molar-refractivity contribution in [1.29, 1.82) is 0 Å². The van der Waals surface area contributed by atoms with Crippen molar-refractivity contribution in [3.05, 3.63) is 48.0 Å². The normalized spacial score (nSPS) is 10.1. The molecular weight excluding hydrogens is 272 g/mol. The first-order valence-electron chi connectivity index (χ1n) is 6.03. The van der Waals surface area contributed by atoms with Gasteiger partial charge in [0.25, 0.3) is 5.91 Å². The summed E-state index contributed by atoms with van der Waals surface area (Å²) in [5.41, 5.74) is 7.48. The Morgan fingerprint density at radius 3 is 2.50 bits per heavy atom. The summed E-state index contributed by atoms with van der Waals surface area (Å²) in [4.78, 5) is 13.3. The number of benzene rings is 2. The quantitative estimate of drug-likeness (QED) is 0.669. The van der Waals surface area contributed by atoms with Crippen LogP contribution in [0.5, 0.6) is 5.75 Å². The highest BCUT2D eigenvalue weighted by Crippen LogP contribution is 2.25. The maximum Gasteiger partial charge on any atom is 0.255 e. The van der Waals surface area contributed by atoms with Crippen LogP contribution in [0.15, 0.2) is 47.4 Å². The zero-order valence-electron chi connectivity index (χ0n) is 11.3. The van der Waals surface area contributed by atoms with Crippen molar-refractivity contribution >= 4 is 29.0 Å². The molecule has 0 aliphatic carbocycles. The molecule has 0 fully saturated rings. The van der Waals surface area contributed by atoms with E-state index < -0.39 is 0 Å². The van der Waals surface area contributed by atoms with Gasteiger partial charge in [0.15, 0.2) is 0 Å². The van der Waals surface area contributed by atoms with Gasteiger partial charge < -0.3 is 15.8 Å². The molecule has 0 aliphatic rings. The van der Waals surface area contributed by atoms with Crippen molar-refractivity contribution in [3.63, 3.8) is 0 Å². The lowest BCUT2D eigenvalue weighted by molar-refractivity contribution is 0.102. The van der Waals surface area contributed by atoms with Crippen LogP contribution in [0.4, 0.5) is 11.4 Å². The molecule has 0 unspecified atom stereocenters. The van der Waals surface area contributed by atoms with Gasteiger partial charge in [-0.3, -0.25) is 4.79 Å². The summed E-state index contributed by atoms with van der Waals surface area (Å²) in [7, 11) is 1.57.